The molecule has 3 aliphatic heterocycles. The van der Waals surface area contributed by atoms with Gasteiger partial charge < -0.3 is 20.4 Å². The minimum atomic E-state index is -0.550. The molecule has 2 amide bonds. The average Bonchev–Trinajstić information content (AvgIpc) is 3.90. The molecule has 7 nitrogen and oxygen atoms in total. The second kappa shape index (κ2) is 22.6. The molecular weight excluding hydrogens is 755 g/mol. The second-order valence-corrected chi connectivity index (χ2v) is 18.5. The molecule has 2 N–H and O–H groups in total. The Morgan fingerprint density at radius 2 is 0.966 bits per heavy atom. The van der Waals surface area contributed by atoms with E-state index in [0.717, 1.165) is 55.5 Å². The predicted molar refractivity (Wildman–Crippen MR) is 247 cm³/mol. The number of thioether (sulfide) groups is 2. The maximum atomic E-state index is 13.8. The van der Waals surface area contributed by atoms with Gasteiger partial charge in [-0.25, -0.2) is 0 Å². The molecule has 1 saturated heterocycles. The van der Waals surface area contributed by atoms with E-state index in [1.54, 1.807) is 4.90 Å². The summed E-state index contributed by atoms with van der Waals surface area (Å²) in [6.45, 7) is 6.51. The lowest BCUT2D eigenvalue weighted by atomic mass is 9.96. The summed E-state index contributed by atoms with van der Waals surface area (Å²) in [5.41, 5.74) is 5.58. The number of hydrogen-bond acceptors (Lipinski definition) is 7. The number of benzene rings is 2. The molecule has 1 saturated carbocycles. The van der Waals surface area contributed by atoms with Gasteiger partial charge in [0.15, 0.2) is 6.29 Å². The average molecular weight is 822 g/mol. The van der Waals surface area contributed by atoms with Gasteiger partial charge in [-0.05, 0) is 92.9 Å². The number of fused-ring (bicyclic) bond motifs is 2. The van der Waals surface area contributed by atoms with Crippen LogP contribution >= 0.6 is 23.5 Å². The molecule has 9 heteroatoms. The van der Waals surface area contributed by atoms with Crippen LogP contribution in [0, 0.1) is 0 Å². The Morgan fingerprint density at radius 3 is 1.38 bits per heavy atom. The molecule has 0 unspecified atom stereocenters. The van der Waals surface area contributed by atoms with E-state index < -0.39 is 6.29 Å². The van der Waals surface area contributed by atoms with Crippen LogP contribution in [0.3, 0.4) is 0 Å². The lowest BCUT2D eigenvalue weighted by Crippen LogP contribution is -2.61. The Kier molecular flexibility index (Phi) is 17.1. The lowest BCUT2D eigenvalue weighted by Gasteiger charge is -2.31. The number of nitrogens with one attached hydrogen (secondary N) is 2. The number of hydrogen-bond donors (Lipinski definition) is 2. The van der Waals surface area contributed by atoms with Crippen LogP contribution in [0.15, 0.2) is 115 Å². The van der Waals surface area contributed by atoms with Gasteiger partial charge in [0.25, 0.3) is 11.8 Å². The minimum Gasteiger partial charge on any atom is -0.335 e. The summed E-state index contributed by atoms with van der Waals surface area (Å²) in [7, 11) is 3.70. The molecular formula is C49H67N5O2S2. The van der Waals surface area contributed by atoms with Gasteiger partial charge in [-0.2, -0.15) is 0 Å². The summed E-state index contributed by atoms with van der Waals surface area (Å²) >= 11 is 3.62. The van der Waals surface area contributed by atoms with Crippen molar-refractivity contribution in [1.29, 1.82) is 0 Å². The van der Waals surface area contributed by atoms with Crippen molar-refractivity contribution in [2.45, 2.75) is 146 Å². The normalized spacial score (nSPS) is 20.7. The van der Waals surface area contributed by atoms with E-state index in [-0.39, 0.29) is 17.4 Å². The van der Waals surface area contributed by atoms with Crippen molar-refractivity contribution >= 4 is 46.7 Å². The maximum Gasteiger partial charge on any atom is 0.260 e. The van der Waals surface area contributed by atoms with Crippen LogP contribution in [0.2, 0.25) is 0 Å². The number of carbonyl (C=O) groups excluding carboxylic acids is 2. The first-order chi connectivity index (χ1) is 28.4. The summed E-state index contributed by atoms with van der Waals surface area (Å²) in [5.74, 6) is -0.649. The smallest absolute Gasteiger partial charge is 0.260 e. The predicted octanol–water partition coefficient (Wildman–Crippen LogP) is 12.2. The standard InChI is InChI=1S/C49H67N5O2S2/c1-5-7-9-11-13-15-17-23-35-53-39-25-19-21-27-41(39)57-43(53)33-31-37-29-30-38(45(37)46-47(55)50-49(52(3)4)51-48(46)56)32-34-44-54(40-26-20-22-28-42(40)58-44)36-24-18-16-14-12-10-8-6-2/h19-22,25-28,31-34,49H,5-18,23-24,29-30,35-36H2,1-4H3,(H,50,55)(H,51,56). The number of rotatable bonds is 21. The first-order valence-corrected chi connectivity index (χ1v) is 24.0. The van der Waals surface area contributed by atoms with Crippen LogP contribution in [0.25, 0.3) is 0 Å². The van der Waals surface area contributed by atoms with Crippen LogP contribution in [-0.4, -0.2) is 50.2 Å². The highest BCUT2D eigenvalue weighted by Crippen LogP contribution is 2.48. The Morgan fingerprint density at radius 1 is 0.569 bits per heavy atom. The summed E-state index contributed by atoms with van der Waals surface area (Å²) in [6.07, 6.45) is 30.4. The second-order valence-electron chi connectivity index (χ2n) is 16.3. The molecule has 0 atom stereocenters. The third-order valence-corrected chi connectivity index (χ3v) is 13.9. The van der Waals surface area contributed by atoms with Gasteiger partial charge in [0.1, 0.15) is 5.57 Å². The first kappa shape index (κ1) is 43.9. The first-order valence-electron chi connectivity index (χ1n) is 22.3. The van der Waals surface area contributed by atoms with Crippen molar-refractivity contribution in [2.75, 3.05) is 37.0 Å². The number of carbonyl (C=O) groups is 2. The number of unbranched alkanes of at least 4 members (excludes halogenated alkanes) is 14. The fourth-order valence-electron chi connectivity index (χ4n) is 8.36. The van der Waals surface area contributed by atoms with Crippen molar-refractivity contribution in [1.82, 2.24) is 15.5 Å². The van der Waals surface area contributed by atoms with Crippen LogP contribution in [0.4, 0.5) is 11.4 Å². The third-order valence-electron chi connectivity index (χ3n) is 11.7. The zero-order valence-electron chi connectivity index (χ0n) is 35.6. The number of anilines is 2. The molecule has 6 rings (SSSR count). The molecule has 1 aliphatic carbocycles. The highest BCUT2D eigenvalue weighted by atomic mass is 32.2. The fourth-order valence-corrected chi connectivity index (χ4v) is 10.5. The molecule has 0 aromatic heterocycles. The fraction of sp³-hybridized carbons (Fsp3) is 0.510. The lowest BCUT2D eigenvalue weighted by molar-refractivity contribution is -0.130. The number of para-hydroxylation sites is 2. The Balaban J connectivity index is 1.25. The monoisotopic (exact) mass is 821 g/mol. The summed E-state index contributed by atoms with van der Waals surface area (Å²) in [4.78, 5) is 37.0. The molecule has 0 radical (unpaired) electrons. The van der Waals surface area contributed by atoms with E-state index in [0.29, 0.717) is 0 Å². The number of allylic oxidation sites excluding steroid dienone is 7. The van der Waals surface area contributed by atoms with E-state index in [2.05, 4.69) is 107 Å². The Bertz CT molecular complexity index is 1750. The molecule has 2 aromatic rings. The van der Waals surface area contributed by atoms with Crippen molar-refractivity contribution in [2.24, 2.45) is 0 Å². The summed E-state index contributed by atoms with van der Waals surface area (Å²) < 4.78 is 0. The molecule has 312 valence electrons. The quantitative estimate of drug-likeness (QED) is 0.0738. The number of nitrogens with zero attached hydrogens (tertiary/aromatic N) is 3. The topological polar surface area (TPSA) is 67.9 Å². The van der Waals surface area contributed by atoms with E-state index in [1.807, 2.05) is 37.6 Å². The van der Waals surface area contributed by atoms with Crippen LogP contribution in [0.1, 0.15) is 129 Å². The Labute approximate surface area is 357 Å². The third kappa shape index (κ3) is 11.5. The largest absolute Gasteiger partial charge is 0.335 e. The van der Waals surface area contributed by atoms with Crippen molar-refractivity contribution in [3.63, 3.8) is 0 Å². The highest BCUT2D eigenvalue weighted by molar-refractivity contribution is 8.04. The van der Waals surface area contributed by atoms with Gasteiger partial charge in [-0.1, -0.05) is 164 Å². The van der Waals surface area contributed by atoms with Gasteiger partial charge in [-0.15, -0.1) is 0 Å². The summed E-state index contributed by atoms with van der Waals surface area (Å²) in [6, 6.07) is 17.4. The minimum absolute atomic E-state index is 0.209. The molecule has 2 aromatic carbocycles. The molecule has 58 heavy (non-hydrogen) atoms. The van der Waals surface area contributed by atoms with Gasteiger partial charge in [0.2, 0.25) is 0 Å². The maximum absolute atomic E-state index is 13.8. The van der Waals surface area contributed by atoms with Crippen molar-refractivity contribution < 1.29 is 9.59 Å². The van der Waals surface area contributed by atoms with Crippen LogP contribution < -0.4 is 20.4 Å². The van der Waals surface area contributed by atoms with E-state index in [1.165, 1.54) is 121 Å². The highest BCUT2D eigenvalue weighted by Gasteiger charge is 2.36. The van der Waals surface area contributed by atoms with E-state index in [9.17, 15) is 9.59 Å². The van der Waals surface area contributed by atoms with Gasteiger partial charge in [0.05, 0.1) is 21.4 Å². The van der Waals surface area contributed by atoms with Crippen LogP contribution in [-0.2, 0) is 9.59 Å². The summed E-state index contributed by atoms with van der Waals surface area (Å²) in [5, 5.41) is 8.45. The van der Waals surface area contributed by atoms with Crippen molar-refractivity contribution in [3.05, 3.63) is 105 Å². The van der Waals surface area contributed by atoms with E-state index in [4.69, 9.17) is 0 Å². The molecule has 3 heterocycles. The van der Waals surface area contributed by atoms with Crippen molar-refractivity contribution in [3.8, 4) is 0 Å². The van der Waals surface area contributed by atoms with Crippen LogP contribution in [0.5, 0.6) is 0 Å². The Hall–Kier alpha value is -3.66. The number of amides is 2. The molecule has 4 aliphatic rings. The van der Waals surface area contributed by atoms with Gasteiger partial charge >= 0.3 is 0 Å². The molecule has 0 spiro atoms. The molecule has 2 fully saturated rings. The molecule has 0 bridgehead atoms. The van der Waals surface area contributed by atoms with E-state index >= 15 is 0 Å². The van der Waals surface area contributed by atoms with Gasteiger partial charge in [-0.3, -0.25) is 14.5 Å². The SMILES string of the molecule is CCCCCCCCCCN1C(=CC=C2CCC(=CC=C3Sc4ccccc4N3CCCCCCCCCC)C2=C2C(=O)NC(N(C)C)NC2=O)Sc2ccccc21. The van der Waals surface area contributed by atoms with Gasteiger partial charge in [0, 0.05) is 22.9 Å². The zero-order valence-corrected chi connectivity index (χ0v) is 37.3. The zero-order chi connectivity index (χ0) is 40.7.